The van der Waals surface area contributed by atoms with E-state index in [0.29, 0.717) is 5.56 Å². The highest BCUT2D eigenvalue weighted by Gasteiger charge is 2.45. The molecule has 1 aromatic carbocycles. The summed E-state index contributed by atoms with van der Waals surface area (Å²) < 4.78 is 37.2. The Kier molecular flexibility index (Phi) is 3.00. The van der Waals surface area contributed by atoms with E-state index in [0.717, 1.165) is 12.1 Å². The Bertz CT molecular complexity index is 483. The van der Waals surface area contributed by atoms with E-state index in [4.69, 9.17) is 0 Å². The second-order valence-corrected chi connectivity index (χ2v) is 4.37. The molecule has 0 bridgehead atoms. The van der Waals surface area contributed by atoms with Crippen LogP contribution < -0.4 is 0 Å². The van der Waals surface area contributed by atoms with Crippen molar-refractivity contribution in [2.45, 2.75) is 30.7 Å². The Morgan fingerprint density at radius 1 is 1.28 bits per heavy atom. The number of aliphatic hydroxyl groups is 1. The summed E-state index contributed by atoms with van der Waals surface area (Å²) in [6, 6.07) is 4.47. The minimum atomic E-state index is -4.39. The summed E-state index contributed by atoms with van der Waals surface area (Å²) in [5, 5.41) is 9.29. The lowest BCUT2D eigenvalue weighted by Crippen LogP contribution is -2.43. The zero-order chi connectivity index (χ0) is 13.4. The van der Waals surface area contributed by atoms with Crippen molar-refractivity contribution in [2.75, 3.05) is 0 Å². The number of aliphatic imine (C=N–C) groups is 1. The number of hydrogen-bond acceptors (Lipinski definition) is 3. The van der Waals surface area contributed by atoms with Gasteiger partial charge in [0.25, 0.3) is 0 Å². The third kappa shape index (κ3) is 2.17. The van der Waals surface area contributed by atoms with Gasteiger partial charge in [-0.05, 0) is 17.7 Å². The van der Waals surface area contributed by atoms with Crippen LogP contribution >= 0.6 is 0 Å². The highest BCUT2D eigenvalue weighted by Crippen LogP contribution is 2.45. The first-order valence-corrected chi connectivity index (χ1v) is 5.32. The molecule has 3 nitrogen and oxygen atoms in total. The number of rotatable bonds is 2. The fourth-order valence-electron chi connectivity index (χ4n) is 2.17. The number of aliphatic hydroxyl groups excluding tert-OH is 1. The van der Waals surface area contributed by atoms with Crippen LogP contribution in [0.5, 0.6) is 0 Å². The van der Waals surface area contributed by atoms with E-state index in [1.807, 2.05) is 0 Å². The van der Waals surface area contributed by atoms with Gasteiger partial charge in [0.15, 0.2) is 0 Å². The van der Waals surface area contributed by atoms with Gasteiger partial charge in [-0.1, -0.05) is 12.1 Å². The summed E-state index contributed by atoms with van der Waals surface area (Å²) >= 11 is 0. The van der Waals surface area contributed by atoms with Crippen LogP contribution in [0, 0.1) is 0 Å². The molecule has 0 heterocycles. The van der Waals surface area contributed by atoms with Crippen LogP contribution in [0.2, 0.25) is 0 Å². The molecule has 2 rings (SSSR count). The predicted molar refractivity (Wildman–Crippen MR) is 56.5 cm³/mol. The molecule has 1 aromatic rings. The van der Waals surface area contributed by atoms with Crippen molar-refractivity contribution >= 4 is 6.08 Å². The fraction of sp³-hybridized carbons (Fsp3) is 0.417. The lowest BCUT2D eigenvalue weighted by molar-refractivity contribution is -0.137. The molecule has 0 aliphatic heterocycles. The molecular formula is C12H10F3NO2. The molecule has 1 saturated carbocycles. The summed E-state index contributed by atoms with van der Waals surface area (Å²) in [5.41, 5.74) is -1.17. The monoisotopic (exact) mass is 257 g/mol. The van der Waals surface area contributed by atoms with Gasteiger partial charge in [-0.25, -0.2) is 4.79 Å². The molecule has 0 spiro atoms. The third-order valence-electron chi connectivity index (χ3n) is 3.16. The van der Waals surface area contributed by atoms with Crippen LogP contribution in [0.15, 0.2) is 29.3 Å². The van der Waals surface area contributed by atoms with Gasteiger partial charge in [0.1, 0.15) is 5.54 Å². The quantitative estimate of drug-likeness (QED) is 0.653. The number of carbonyl (C=O) groups excluding carboxylic acids is 1. The molecule has 0 saturated heterocycles. The number of halogens is 3. The Hall–Kier alpha value is -1.65. The molecular weight excluding hydrogens is 247 g/mol. The van der Waals surface area contributed by atoms with Gasteiger partial charge in [0, 0.05) is 12.8 Å². The lowest BCUT2D eigenvalue weighted by Gasteiger charge is -2.41. The maximum Gasteiger partial charge on any atom is 0.416 e. The highest BCUT2D eigenvalue weighted by molar-refractivity contribution is 5.41. The van der Waals surface area contributed by atoms with E-state index in [2.05, 4.69) is 4.99 Å². The van der Waals surface area contributed by atoms with Crippen molar-refractivity contribution in [1.82, 2.24) is 0 Å². The van der Waals surface area contributed by atoms with Crippen molar-refractivity contribution in [3.63, 3.8) is 0 Å². The molecule has 1 aliphatic rings. The summed E-state index contributed by atoms with van der Waals surface area (Å²) in [6.45, 7) is 0. The van der Waals surface area contributed by atoms with Crippen molar-refractivity contribution in [2.24, 2.45) is 4.99 Å². The van der Waals surface area contributed by atoms with Crippen LogP contribution in [-0.2, 0) is 16.5 Å². The van der Waals surface area contributed by atoms with Crippen LogP contribution in [0.3, 0.4) is 0 Å². The zero-order valence-electron chi connectivity index (χ0n) is 9.24. The number of nitrogens with zero attached hydrogens (tertiary/aromatic N) is 1. The Morgan fingerprint density at radius 2 is 1.83 bits per heavy atom. The molecule has 6 heteroatoms. The maximum absolute atomic E-state index is 12.4. The fourth-order valence-corrected chi connectivity index (χ4v) is 2.17. The SMILES string of the molecule is O=C=NC1(c2ccc(C(F)(F)F)cc2)CC(O)C1. The molecule has 96 valence electrons. The van der Waals surface area contributed by atoms with E-state index in [1.54, 1.807) is 0 Å². The largest absolute Gasteiger partial charge is 0.416 e. The van der Waals surface area contributed by atoms with E-state index >= 15 is 0 Å². The van der Waals surface area contributed by atoms with Gasteiger partial charge in [-0.3, -0.25) is 0 Å². The average molecular weight is 257 g/mol. The highest BCUT2D eigenvalue weighted by atomic mass is 19.4. The van der Waals surface area contributed by atoms with Crippen molar-refractivity contribution in [1.29, 1.82) is 0 Å². The molecule has 18 heavy (non-hydrogen) atoms. The molecule has 1 N–H and O–H groups in total. The molecule has 0 radical (unpaired) electrons. The van der Waals surface area contributed by atoms with E-state index in [-0.39, 0.29) is 12.8 Å². The molecule has 0 amide bonds. The topological polar surface area (TPSA) is 49.7 Å². The van der Waals surface area contributed by atoms with Gasteiger partial charge >= 0.3 is 6.18 Å². The number of benzene rings is 1. The Morgan fingerprint density at radius 3 is 2.22 bits per heavy atom. The average Bonchev–Trinajstić information content (AvgIpc) is 2.26. The summed E-state index contributed by atoms with van der Waals surface area (Å²) in [7, 11) is 0. The maximum atomic E-state index is 12.4. The van der Waals surface area contributed by atoms with Crippen molar-refractivity contribution in [3.05, 3.63) is 35.4 Å². The number of isocyanates is 1. The second kappa shape index (κ2) is 4.23. The Balaban J connectivity index is 2.31. The van der Waals surface area contributed by atoms with Gasteiger partial charge in [-0.2, -0.15) is 18.2 Å². The van der Waals surface area contributed by atoms with Crippen LogP contribution in [0.4, 0.5) is 13.2 Å². The summed E-state index contributed by atoms with van der Waals surface area (Å²) in [5.74, 6) is 0. The first-order valence-electron chi connectivity index (χ1n) is 5.32. The number of hydrogen-bond donors (Lipinski definition) is 1. The number of alkyl halides is 3. The van der Waals surface area contributed by atoms with Gasteiger partial charge in [0.2, 0.25) is 6.08 Å². The molecule has 1 fully saturated rings. The standard InChI is InChI=1S/C12H10F3NO2/c13-12(14,15)9-3-1-8(2-4-9)11(16-7-17)5-10(18)6-11/h1-4,10,18H,5-6H2. The molecule has 0 atom stereocenters. The van der Waals surface area contributed by atoms with Gasteiger partial charge in [-0.15, -0.1) is 0 Å². The van der Waals surface area contributed by atoms with Crippen molar-refractivity contribution in [3.8, 4) is 0 Å². The first-order chi connectivity index (χ1) is 8.37. The molecule has 0 aromatic heterocycles. The van der Waals surface area contributed by atoms with Crippen molar-refractivity contribution < 1.29 is 23.1 Å². The first kappa shape index (κ1) is 12.8. The molecule has 0 unspecified atom stereocenters. The molecule has 1 aliphatic carbocycles. The third-order valence-corrected chi connectivity index (χ3v) is 3.16. The van der Waals surface area contributed by atoms with E-state index < -0.39 is 23.4 Å². The lowest BCUT2D eigenvalue weighted by atomic mass is 9.70. The smallest absolute Gasteiger partial charge is 0.393 e. The van der Waals surface area contributed by atoms with Crippen LogP contribution in [0.1, 0.15) is 24.0 Å². The predicted octanol–water partition coefficient (Wildman–Crippen LogP) is 2.39. The minimum Gasteiger partial charge on any atom is -0.393 e. The van der Waals surface area contributed by atoms with Crippen LogP contribution in [-0.4, -0.2) is 17.3 Å². The minimum absolute atomic E-state index is 0.230. The van der Waals surface area contributed by atoms with Crippen LogP contribution in [0.25, 0.3) is 0 Å². The van der Waals surface area contributed by atoms with E-state index in [9.17, 15) is 23.1 Å². The normalized spacial score (nSPS) is 27.2. The summed E-state index contributed by atoms with van der Waals surface area (Å²) in [6.07, 6.45) is -3.09. The second-order valence-electron chi connectivity index (χ2n) is 4.37. The van der Waals surface area contributed by atoms with Gasteiger partial charge < -0.3 is 5.11 Å². The zero-order valence-corrected chi connectivity index (χ0v) is 9.24. The van der Waals surface area contributed by atoms with Gasteiger partial charge in [0.05, 0.1) is 11.7 Å². The Labute approximate surface area is 101 Å². The van der Waals surface area contributed by atoms with E-state index in [1.165, 1.54) is 18.2 Å². The summed E-state index contributed by atoms with van der Waals surface area (Å²) in [4.78, 5) is 14.0.